The molecular formula is C17H25N3O5. The van der Waals surface area contributed by atoms with Gasteiger partial charge in [-0.3, -0.25) is 19.4 Å². The number of aliphatic carboxylic acids is 1. The van der Waals surface area contributed by atoms with Gasteiger partial charge in [0.25, 0.3) is 0 Å². The van der Waals surface area contributed by atoms with Crippen LogP contribution in [-0.2, 0) is 20.9 Å². The highest BCUT2D eigenvalue weighted by Gasteiger charge is 2.37. The molecule has 1 aromatic heterocycles. The predicted molar refractivity (Wildman–Crippen MR) is 88.9 cm³/mol. The van der Waals surface area contributed by atoms with Crippen LogP contribution in [0.15, 0.2) is 23.0 Å². The second kappa shape index (κ2) is 7.99. The summed E-state index contributed by atoms with van der Waals surface area (Å²) in [6, 6.07) is 2.03. The first kappa shape index (κ1) is 17.9. The summed E-state index contributed by atoms with van der Waals surface area (Å²) < 4.78 is 10.1. The van der Waals surface area contributed by atoms with Gasteiger partial charge in [0, 0.05) is 64.5 Å². The molecule has 0 radical (unpaired) electrons. The Morgan fingerprint density at radius 1 is 1.28 bits per heavy atom. The van der Waals surface area contributed by atoms with E-state index in [1.165, 1.54) is 7.11 Å². The minimum absolute atomic E-state index is 0.0115. The first-order chi connectivity index (χ1) is 12.1. The van der Waals surface area contributed by atoms with Crippen LogP contribution in [0.1, 0.15) is 5.56 Å². The van der Waals surface area contributed by atoms with Crippen LogP contribution in [-0.4, -0.2) is 90.7 Å². The Bertz CT molecular complexity index is 591. The van der Waals surface area contributed by atoms with Crippen LogP contribution < -0.4 is 0 Å². The lowest BCUT2D eigenvalue weighted by Gasteiger charge is -2.41. The number of carbonyl (C=O) groups is 2. The Hall–Kier alpha value is -1.90. The molecule has 138 valence electrons. The van der Waals surface area contributed by atoms with Crippen molar-refractivity contribution in [3.8, 4) is 0 Å². The van der Waals surface area contributed by atoms with Gasteiger partial charge in [0.1, 0.15) is 6.61 Å². The summed E-state index contributed by atoms with van der Waals surface area (Å²) >= 11 is 0. The molecule has 0 aliphatic carbocycles. The summed E-state index contributed by atoms with van der Waals surface area (Å²) in [5.74, 6) is -1.21. The van der Waals surface area contributed by atoms with Crippen molar-refractivity contribution in [2.45, 2.75) is 12.6 Å². The van der Waals surface area contributed by atoms with Gasteiger partial charge in [0.15, 0.2) is 0 Å². The van der Waals surface area contributed by atoms with Crippen LogP contribution in [0.3, 0.4) is 0 Å². The number of hydrogen-bond acceptors (Lipinski definition) is 6. The fourth-order valence-corrected chi connectivity index (χ4v) is 3.70. The molecule has 2 unspecified atom stereocenters. The summed E-state index contributed by atoms with van der Waals surface area (Å²) in [5.41, 5.74) is 1.03. The van der Waals surface area contributed by atoms with Crippen molar-refractivity contribution >= 4 is 11.9 Å². The van der Waals surface area contributed by atoms with Crippen molar-refractivity contribution in [3.05, 3.63) is 24.2 Å². The van der Waals surface area contributed by atoms with E-state index < -0.39 is 11.9 Å². The zero-order valence-corrected chi connectivity index (χ0v) is 14.5. The van der Waals surface area contributed by atoms with Gasteiger partial charge in [-0.15, -0.1) is 0 Å². The third-order valence-electron chi connectivity index (χ3n) is 4.96. The Balaban J connectivity index is 1.71. The Morgan fingerprint density at radius 2 is 2.12 bits per heavy atom. The van der Waals surface area contributed by atoms with E-state index in [2.05, 4.69) is 9.80 Å². The van der Waals surface area contributed by atoms with Crippen LogP contribution in [0, 0.1) is 5.92 Å². The lowest BCUT2D eigenvalue weighted by Crippen LogP contribution is -2.57. The van der Waals surface area contributed by atoms with E-state index in [1.807, 2.05) is 11.0 Å². The molecule has 0 spiro atoms. The lowest BCUT2D eigenvalue weighted by atomic mass is 10.1. The molecule has 2 fully saturated rings. The third-order valence-corrected chi connectivity index (χ3v) is 4.96. The number of carboxylic acids is 1. The summed E-state index contributed by atoms with van der Waals surface area (Å²) in [5, 5.41) is 9.55. The standard InChI is InChI=1S/C17H25N3O5/c1-24-12-16(21)20-4-3-19-8-14(17(22)23)7-18(9-15(19)10-20)6-13-2-5-25-11-13/h2,5,11,14-15H,3-4,6-10,12H2,1H3,(H,22,23). The van der Waals surface area contributed by atoms with Crippen molar-refractivity contribution in [3.63, 3.8) is 0 Å². The molecule has 1 aromatic rings. The highest BCUT2D eigenvalue weighted by atomic mass is 16.5. The molecule has 2 aliphatic rings. The van der Waals surface area contributed by atoms with Gasteiger partial charge < -0.3 is 19.2 Å². The number of hydrogen-bond donors (Lipinski definition) is 1. The van der Waals surface area contributed by atoms with Crippen molar-refractivity contribution < 1.29 is 23.8 Å². The van der Waals surface area contributed by atoms with Crippen LogP contribution in [0.5, 0.6) is 0 Å². The van der Waals surface area contributed by atoms with Gasteiger partial charge in [-0.2, -0.15) is 0 Å². The summed E-state index contributed by atoms with van der Waals surface area (Å²) in [4.78, 5) is 30.0. The maximum Gasteiger partial charge on any atom is 0.309 e. The van der Waals surface area contributed by atoms with Crippen molar-refractivity contribution in [1.82, 2.24) is 14.7 Å². The molecule has 2 saturated heterocycles. The second-order valence-corrected chi connectivity index (χ2v) is 6.78. The summed E-state index contributed by atoms with van der Waals surface area (Å²) in [6.45, 7) is 4.41. The van der Waals surface area contributed by atoms with Crippen molar-refractivity contribution in [2.75, 3.05) is 53.0 Å². The first-order valence-corrected chi connectivity index (χ1v) is 8.54. The zero-order chi connectivity index (χ0) is 17.8. The molecule has 1 N–H and O–H groups in total. The molecule has 2 atom stereocenters. The number of piperazine rings is 1. The third kappa shape index (κ3) is 4.39. The number of rotatable bonds is 5. The van der Waals surface area contributed by atoms with Crippen LogP contribution >= 0.6 is 0 Å². The van der Waals surface area contributed by atoms with Crippen LogP contribution in [0.4, 0.5) is 0 Å². The molecular weight excluding hydrogens is 326 g/mol. The van der Waals surface area contributed by atoms with E-state index in [4.69, 9.17) is 9.15 Å². The summed E-state index contributed by atoms with van der Waals surface area (Å²) in [7, 11) is 1.52. The van der Waals surface area contributed by atoms with Gasteiger partial charge in [-0.05, 0) is 6.07 Å². The molecule has 0 bridgehead atoms. The SMILES string of the molecule is COCC(=O)N1CCN2CC(C(=O)O)CN(Cc3ccoc3)CC2C1. The topological polar surface area (TPSA) is 86.5 Å². The molecule has 25 heavy (non-hydrogen) atoms. The van der Waals surface area contributed by atoms with Gasteiger partial charge in [-0.1, -0.05) is 0 Å². The van der Waals surface area contributed by atoms with E-state index >= 15 is 0 Å². The maximum absolute atomic E-state index is 12.1. The van der Waals surface area contributed by atoms with Crippen molar-refractivity contribution in [2.24, 2.45) is 5.92 Å². The molecule has 1 amide bonds. The smallest absolute Gasteiger partial charge is 0.309 e. The summed E-state index contributed by atoms with van der Waals surface area (Å²) in [6.07, 6.45) is 3.31. The second-order valence-electron chi connectivity index (χ2n) is 6.78. The van der Waals surface area contributed by atoms with E-state index in [0.29, 0.717) is 39.3 Å². The minimum atomic E-state index is -0.768. The predicted octanol–water partition coefficient (Wildman–Crippen LogP) is -0.0448. The molecule has 8 heteroatoms. The number of ether oxygens (including phenoxy) is 1. The fraction of sp³-hybridized carbons (Fsp3) is 0.647. The number of methoxy groups -OCH3 is 1. The Morgan fingerprint density at radius 3 is 2.80 bits per heavy atom. The number of nitrogens with zero attached hydrogens (tertiary/aromatic N) is 3. The molecule has 0 saturated carbocycles. The van der Waals surface area contributed by atoms with Gasteiger partial charge >= 0.3 is 5.97 Å². The molecule has 0 aromatic carbocycles. The van der Waals surface area contributed by atoms with Crippen molar-refractivity contribution in [1.29, 1.82) is 0 Å². The highest BCUT2D eigenvalue weighted by Crippen LogP contribution is 2.21. The fourth-order valence-electron chi connectivity index (χ4n) is 3.70. The number of fused-ring (bicyclic) bond motifs is 1. The number of carbonyl (C=O) groups excluding carboxylic acids is 1. The number of carboxylic acid groups (broad SMARTS) is 1. The maximum atomic E-state index is 12.1. The van der Waals surface area contributed by atoms with Gasteiger partial charge in [0.05, 0.1) is 18.4 Å². The van der Waals surface area contributed by atoms with Crippen LogP contribution in [0.25, 0.3) is 0 Å². The quantitative estimate of drug-likeness (QED) is 0.796. The average Bonchev–Trinajstić information content (AvgIpc) is 3.01. The van der Waals surface area contributed by atoms with E-state index in [0.717, 1.165) is 12.1 Å². The van der Waals surface area contributed by atoms with Gasteiger partial charge in [-0.25, -0.2) is 0 Å². The number of amides is 1. The van der Waals surface area contributed by atoms with E-state index in [1.54, 1.807) is 12.5 Å². The monoisotopic (exact) mass is 351 g/mol. The van der Waals surface area contributed by atoms with Crippen LogP contribution in [0.2, 0.25) is 0 Å². The average molecular weight is 351 g/mol. The van der Waals surface area contributed by atoms with E-state index in [-0.39, 0.29) is 18.6 Å². The lowest BCUT2D eigenvalue weighted by molar-refractivity contribution is -0.144. The zero-order valence-electron chi connectivity index (χ0n) is 14.5. The highest BCUT2D eigenvalue weighted by molar-refractivity contribution is 5.77. The molecule has 2 aliphatic heterocycles. The molecule has 3 rings (SSSR count). The first-order valence-electron chi connectivity index (χ1n) is 8.54. The van der Waals surface area contributed by atoms with Gasteiger partial charge in [0.2, 0.25) is 5.91 Å². The largest absolute Gasteiger partial charge is 0.481 e. The van der Waals surface area contributed by atoms with E-state index in [9.17, 15) is 14.7 Å². The minimum Gasteiger partial charge on any atom is -0.481 e. The Kier molecular flexibility index (Phi) is 5.72. The molecule has 8 nitrogen and oxygen atoms in total. The Labute approximate surface area is 146 Å². The number of furan rings is 1. The molecule has 3 heterocycles. The normalized spacial score (nSPS) is 25.4.